The van der Waals surface area contributed by atoms with E-state index in [0.29, 0.717) is 37.7 Å². The fraction of sp³-hybridized carbons (Fsp3) is 0.538. The van der Waals surface area contributed by atoms with Gasteiger partial charge in [0.15, 0.2) is 0 Å². The van der Waals surface area contributed by atoms with Gasteiger partial charge in [0.25, 0.3) is 5.69 Å². The van der Waals surface area contributed by atoms with E-state index in [1.807, 2.05) is 4.90 Å². The molecule has 1 aromatic rings. The number of rotatable bonds is 5. The average Bonchev–Trinajstić information content (AvgIpc) is 2.47. The first-order valence-electron chi connectivity index (χ1n) is 6.33. The minimum absolute atomic E-state index is 0.0730. The Morgan fingerprint density at radius 2 is 2.30 bits per heavy atom. The van der Waals surface area contributed by atoms with E-state index >= 15 is 0 Å². The molecular formula is C13H18N2O5. The Labute approximate surface area is 117 Å². The van der Waals surface area contributed by atoms with Crippen molar-refractivity contribution in [2.45, 2.75) is 6.10 Å². The fourth-order valence-electron chi connectivity index (χ4n) is 2.26. The zero-order chi connectivity index (χ0) is 14.5. The number of ether oxygens (including phenoxy) is 3. The number of morpholine rings is 1. The lowest BCUT2D eigenvalue weighted by Gasteiger charge is -2.33. The molecule has 2 rings (SSSR count). The molecule has 0 N–H and O–H groups in total. The lowest BCUT2D eigenvalue weighted by molar-refractivity contribution is -0.384. The molecule has 1 heterocycles. The molecular weight excluding hydrogens is 264 g/mol. The number of benzene rings is 1. The van der Waals surface area contributed by atoms with E-state index in [4.69, 9.17) is 14.2 Å². The second-order valence-corrected chi connectivity index (χ2v) is 4.51. The molecule has 1 aliphatic rings. The number of nitro benzene ring substituents is 1. The van der Waals surface area contributed by atoms with Crippen molar-refractivity contribution in [1.82, 2.24) is 0 Å². The number of anilines is 1. The maximum Gasteiger partial charge on any atom is 0.292 e. The smallest absolute Gasteiger partial charge is 0.292 e. The maximum atomic E-state index is 11.2. The number of hydrogen-bond donors (Lipinski definition) is 0. The van der Waals surface area contributed by atoms with E-state index in [-0.39, 0.29) is 16.7 Å². The van der Waals surface area contributed by atoms with Gasteiger partial charge in [0, 0.05) is 32.3 Å². The lowest BCUT2D eigenvalue weighted by atomic mass is 10.2. The third-order valence-corrected chi connectivity index (χ3v) is 3.21. The van der Waals surface area contributed by atoms with Crippen LogP contribution in [0.3, 0.4) is 0 Å². The van der Waals surface area contributed by atoms with Crippen LogP contribution < -0.4 is 9.64 Å². The van der Waals surface area contributed by atoms with Crippen molar-refractivity contribution in [3.8, 4) is 5.75 Å². The summed E-state index contributed by atoms with van der Waals surface area (Å²) in [5, 5.41) is 11.2. The third-order valence-electron chi connectivity index (χ3n) is 3.21. The minimum atomic E-state index is -0.379. The minimum Gasteiger partial charge on any atom is -0.497 e. The van der Waals surface area contributed by atoms with Crippen LogP contribution >= 0.6 is 0 Å². The summed E-state index contributed by atoms with van der Waals surface area (Å²) in [4.78, 5) is 12.7. The van der Waals surface area contributed by atoms with Crippen LogP contribution in [-0.4, -0.2) is 51.6 Å². The van der Waals surface area contributed by atoms with Gasteiger partial charge in [-0.25, -0.2) is 0 Å². The lowest BCUT2D eigenvalue weighted by Crippen LogP contribution is -2.44. The number of hydrogen-bond acceptors (Lipinski definition) is 6. The standard InChI is InChI=1S/C13H18N2O5/c1-18-9-11-8-14(5-6-20-11)13-7-10(19-2)3-4-12(13)15(16)17/h3-4,7,11H,5-6,8-9H2,1-2H3. The van der Waals surface area contributed by atoms with Gasteiger partial charge < -0.3 is 19.1 Å². The summed E-state index contributed by atoms with van der Waals surface area (Å²) in [7, 11) is 3.15. The van der Waals surface area contributed by atoms with Crippen molar-refractivity contribution in [2.24, 2.45) is 0 Å². The highest BCUT2D eigenvalue weighted by atomic mass is 16.6. The fourth-order valence-corrected chi connectivity index (χ4v) is 2.26. The number of nitrogens with zero attached hydrogens (tertiary/aromatic N) is 2. The van der Waals surface area contributed by atoms with Crippen LogP contribution in [0.25, 0.3) is 0 Å². The molecule has 7 heteroatoms. The van der Waals surface area contributed by atoms with Gasteiger partial charge in [-0.3, -0.25) is 10.1 Å². The molecule has 1 unspecified atom stereocenters. The van der Waals surface area contributed by atoms with E-state index in [1.54, 1.807) is 19.2 Å². The molecule has 0 amide bonds. The molecule has 0 aromatic heterocycles. The first-order chi connectivity index (χ1) is 9.65. The highest BCUT2D eigenvalue weighted by Gasteiger charge is 2.26. The normalized spacial score (nSPS) is 18.9. The van der Waals surface area contributed by atoms with E-state index in [0.717, 1.165) is 0 Å². The first-order valence-corrected chi connectivity index (χ1v) is 6.33. The van der Waals surface area contributed by atoms with Crippen LogP contribution in [0, 0.1) is 10.1 Å². The van der Waals surface area contributed by atoms with Crippen molar-refractivity contribution < 1.29 is 19.1 Å². The zero-order valence-corrected chi connectivity index (χ0v) is 11.6. The Hall–Kier alpha value is -1.86. The molecule has 1 aliphatic heterocycles. The predicted octanol–water partition coefficient (Wildman–Crippen LogP) is 1.45. The second-order valence-electron chi connectivity index (χ2n) is 4.51. The van der Waals surface area contributed by atoms with Crippen LogP contribution in [0.5, 0.6) is 5.75 Å². The van der Waals surface area contributed by atoms with Crippen molar-refractivity contribution in [3.63, 3.8) is 0 Å². The van der Waals surface area contributed by atoms with E-state index in [2.05, 4.69) is 0 Å². The average molecular weight is 282 g/mol. The van der Waals surface area contributed by atoms with Crippen molar-refractivity contribution in [1.29, 1.82) is 0 Å². The predicted molar refractivity (Wildman–Crippen MR) is 73.5 cm³/mol. The molecule has 110 valence electrons. The monoisotopic (exact) mass is 282 g/mol. The van der Waals surface area contributed by atoms with Gasteiger partial charge in [0.2, 0.25) is 0 Å². The van der Waals surface area contributed by atoms with Gasteiger partial charge >= 0.3 is 0 Å². The molecule has 1 saturated heterocycles. The van der Waals surface area contributed by atoms with E-state index in [9.17, 15) is 10.1 Å². The van der Waals surface area contributed by atoms with Crippen LogP contribution in [0.2, 0.25) is 0 Å². The molecule has 1 fully saturated rings. The zero-order valence-electron chi connectivity index (χ0n) is 11.6. The quantitative estimate of drug-likeness (QED) is 0.601. The highest BCUT2D eigenvalue weighted by Crippen LogP contribution is 2.33. The Kier molecular flexibility index (Phi) is 4.75. The molecule has 1 aromatic carbocycles. The first kappa shape index (κ1) is 14.5. The summed E-state index contributed by atoms with van der Waals surface area (Å²) in [6.45, 7) is 2.15. The second kappa shape index (κ2) is 6.53. The third kappa shape index (κ3) is 3.17. The molecule has 0 aliphatic carbocycles. The van der Waals surface area contributed by atoms with Gasteiger partial charge in [-0.05, 0) is 6.07 Å². The summed E-state index contributed by atoms with van der Waals surface area (Å²) < 4.78 is 15.8. The van der Waals surface area contributed by atoms with E-state index < -0.39 is 0 Å². The van der Waals surface area contributed by atoms with Crippen LogP contribution in [-0.2, 0) is 9.47 Å². The van der Waals surface area contributed by atoms with Crippen molar-refractivity contribution in [3.05, 3.63) is 28.3 Å². The summed E-state index contributed by atoms with van der Waals surface area (Å²) in [5.41, 5.74) is 0.627. The molecule has 1 atom stereocenters. The van der Waals surface area contributed by atoms with Crippen molar-refractivity contribution >= 4 is 11.4 Å². The van der Waals surface area contributed by atoms with Crippen LogP contribution in [0.4, 0.5) is 11.4 Å². The molecule has 20 heavy (non-hydrogen) atoms. The highest BCUT2D eigenvalue weighted by molar-refractivity contribution is 5.66. The summed E-state index contributed by atoms with van der Waals surface area (Å²) in [6, 6.07) is 4.75. The number of nitro groups is 1. The molecule has 0 saturated carbocycles. The van der Waals surface area contributed by atoms with E-state index in [1.165, 1.54) is 13.2 Å². The summed E-state index contributed by atoms with van der Waals surface area (Å²) in [5.74, 6) is 0.598. The number of methoxy groups -OCH3 is 2. The largest absolute Gasteiger partial charge is 0.497 e. The molecule has 0 bridgehead atoms. The molecule has 0 spiro atoms. The van der Waals surface area contributed by atoms with Crippen LogP contribution in [0.15, 0.2) is 18.2 Å². The Balaban J connectivity index is 2.27. The van der Waals surface area contributed by atoms with Gasteiger partial charge in [-0.15, -0.1) is 0 Å². The van der Waals surface area contributed by atoms with Gasteiger partial charge in [0.1, 0.15) is 11.4 Å². The van der Waals surface area contributed by atoms with Gasteiger partial charge in [-0.1, -0.05) is 0 Å². The molecule has 0 radical (unpaired) electrons. The summed E-state index contributed by atoms with van der Waals surface area (Å²) in [6.07, 6.45) is -0.0837. The molecule has 7 nitrogen and oxygen atoms in total. The van der Waals surface area contributed by atoms with Crippen molar-refractivity contribution in [2.75, 3.05) is 45.4 Å². The topological polar surface area (TPSA) is 74.1 Å². The Morgan fingerprint density at radius 3 is 2.95 bits per heavy atom. The Morgan fingerprint density at radius 1 is 1.50 bits per heavy atom. The maximum absolute atomic E-state index is 11.2. The van der Waals surface area contributed by atoms with Crippen LogP contribution in [0.1, 0.15) is 0 Å². The Bertz CT molecular complexity index is 478. The SMILES string of the molecule is COCC1CN(c2cc(OC)ccc2[N+](=O)[O-])CCO1. The van der Waals surface area contributed by atoms with Gasteiger partial charge in [-0.2, -0.15) is 0 Å². The summed E-state index contributed by atoms with van der Waals surface area (Å²) >= 11 is 0. The van der Waals surface area contributed by atoms with Gasteiger partial charge in [0.05, 0.1) is 31.4 Å².